The summed E-state index contributed by atoms with van der Waals surface area (Å²) in [5, 5.41) is 11.1. The number of nitrogens with zero attached hydrogens (tertiary/aromatic N) is 2. The van der Waals surface area contributed by atoms with E-state index in [1.807, 2.05) is 0 Å². The lowest BCUT2D eigenvalue weighted by Gasteiger charge is -2.06. The average Bonchev–Trinajstić information content (AvgIpc) is 2.79. The maximum absolute atomic E-state index is 13.6. The van der Waals surface area contributed by atoms with Gasteiger partial charge in [0.05, 0.1) is 17.1 Å². The van der Waals surface area contributed by atoms with Crippen LogP contribution in [0.25, 0.3) is 0 Å². The van der Waals surface area contributed by atoms with Crippen LogP contribution in [0.3, 0.4) is 0 Å². The highest BCUT2D eigenvalue weighted by Crippen LogP contribution is 2.18. The van der Waals surface area contributed by atoms with Crippen LogP contribution < -0.4 is 10.5 Å². The largest absolute Gasteiger partial charge is 0.375 e. The highest BCUT2D eigenvalue weighted by Gasteiger charge is 2.11. The monoisotopic (exact) mass is 272 g/mol. The summed E-state index contributed by atoms with van der Waals surface area (Å²) in [6.45, 7) is 0.155. The molecule has 1 heterocycles. The highest BCUT2D eigenvalue weighted by atomic mass is 32.2. The molecule has 0 aliphatic heterocycles. The highest BCUT2D eigenvalue weighted by molar-refractivity contribution is 7.89. The Morgan fingerprint density at radius 2 is 2.22 bits per heavy atom. The Morgan fingerprint density at radius 1 is 1.44 bits per heavy atom. The quantitative estimate of drug-likeness (QED) is 0.836. The van der Waals surface area contributed by atoms with E-state index in [9.17, 15) is 12.8 Å². The number of hydrogen-bond donors (Lipinski definition) is 2. The number of rotatable bonds is 4. The molecule has 7 nitrogen and oxygen atoms in total. The first-order valence-electron chi connectivity index (χ1n) is 4.78. The van der Waals surface area contributed by atoms with Crippen LogP contribution in [-0.4, -0.2) is 18.6 Å². The molecule has 0 unspecified atom stereocenters. The predicted molar refractivity (Wildman–Crippen MR) is 59.4 cm³/mol. The fraction of sp³-hybridized carbons (Fsp3) is 0.111. The second-order valence-corrected chi connectivity index (χ2v) is 4.95. The van der Waals surface area contributed by atoms with Crippen molar-refractivity contribution >= 4 is 15.7 Å². The van der Waals surface area contributed by atoms with Crippen molar-refractivity contribution in [3.8, 4) is 0 Å². The summed E-state index contributed by atoms with van der Waals surface area (Å²) in [6.07, 6.45) is 1.15. The zero-order chi connectivity index (χ0) is 13.2. The molecular formula is C9H9FN4O3S. The van der Waals surface area contributed by atoms with Crippen molar-refractivity contribution in [1.82, 2.24) is 10.1 Å². The number of hydrogen-bond acceptors (Lipinski definition) is 6. The van der Waals surface area contributed by atoms with E-state index in [-0.39, 0.29) is 17.1 Å². The zero-order valence-electron chi connectivity index (χ0n) is 9.00. The minimum Gasteiger partial charge on any atom is -0.375 e. The molecular weight excluding hydrogens is 263 g/mol. The summed E-state index contributed by atoms with van der Waals surface area (Å²) < 4.78 is 40.1. The number of nitrogens with one attached hydrogen (secondary N) is 1. The van der Waals surface area contributed by atoms with Gasteiger partial charge in [0.2, 0.25) is 16.4 Å². The van der Waals surface area contributed by atoms with Crippen molar-refractivity contribution in [2.45, 2.75) is 11.4 Å². The minimum absolute atomic E-state index is 0.118. The van der Waals surface area contributed by atoms with Gasteiger partial charge in [-0.15, -0.1) is 0 Å². The van der Waals surface area contributed by atoms with E-state index < -0.39 is 15.8 Å². The third kappa shape index (κ3) is 2.81. The molecule has 0 saturated heterocycles. The van der Waals surface area contributed by atoms with Crippen LogP contribution in [0, 0.1) is 5.82 Å². The summed E-state index contributed by atoms with van der Waals surface area (Å²) in [5.41, 5.74) is 0.118. The van der Waals surface area contributed by atoms with Crippen molar-refractivity contribution in [1.29, 1.82) is 0 Å². The summed E-state index contributed by atoms with van der Waals surface area (Å²) in [4.78, 5) is 3.45. The lowest BCUT2D eigenvalue weighted by atomic mass is 10.3. The lowest BCUT2D eigenvalue weighted by Crippen LogP contribution is -2.13. The summed E-state index contributed by atoms with van der Waals surface area (Å²) in [7, 11) is -3.91. The van der Waals surface area contributed by atoms with Crippen molar-refractivity contribution in [2.24, 2.45) is 5.14 Å². The molecule has 1 aromatic carbocycles. The van der Waals surface area contributed by atoms with Gasteiger partial charge in [-0.05, 0) is 18.2 Å². The van der Waals surface area contributed by atoms with E-state index >= 15 is 0 Å². The molecule has 0 aliphatic rings. The molecule has 2 rings (SSSR count). The minimum atomic E-state index is -3.91. The molecule has 9 heteroatoms. The van der Waals surface area contributed by atoms with Crippen LogP contribution in [-0.2, 0) is 16.6 Å². The Kier molecular flexibility index (Phi) is 3.26. The third-order valence-electron chi connectivity index (χ3n) is 2.11. The van der Waals surface area contributed by atoms with Gasteiger partial charge in [-0.1, -0.05) is 5.16 Å². The number of primary sulfonamides is 1. The fourth-order valence-electron chi connectivity index (χ4n) is 1.26. The van der Waals surface area contributed by atoms with Gasteiger partial charge < -0.3 is 9.84 Å². The van der Waals surface area contributed by atoms with Crippen LogP contribution in [0.4, 0.5) is 10.1 Å². The van der Waals surface area contributed by atoms with Gasteiger partial charge in [0.1, 0.15) is 5.82 Å². The van der Waals surface area contributed by atoms with E-state index in [1.165, 1.54) is 12.1 Å². The third-order valence-corrected chi connectivity index (χ3v) is 3.02. The first-order chi connectivity index (χ1) is 8.47. The van der Waals surface area contributed by atoms with E-state index in [4.69, 9.17) is 5.14 Å². The van der Waals surface area contributed by atoms with Gasteiger partial charge in [0.25, 0.3) is 0 Å². The van der Waals surface area contributed by atoms with E-state index in [2.05, 4.69) is 20.0 Å². The van der Waals surface area contributed by atoms with Crippen LogP contribution in [0.2, 0.25) is 0 Å². The molecule has 18 heavy (non-hydrogen) atoms. The molecule has 3 N–H and O–H groups in total. The van der Waals surface area contributed by atoms with Crippen LogP contribution >= 0.6 is 0 Å². The Labute approximate surface area is 102 Å². The van der Waals surface area contributed by atoms with Crippen molar-refractivity contribution < 1.29 is 17.3 Å². The topological polar surface area (TPSA) is 111 Å². The van der Waals surface area contributed by atoms with Gasteiger partial charge in [-0.2, -0.15) is 4.98 Å². The Bertz CT molecular complexity index is 642. The van der Waals surface area contributed by atoms with Crippen LogP contribution in [0.1, 0.15) is 5.82 Å². The number of benzene rings is 1. The molecule has 0 spiro atoms. The first-order valence-corrected chi connectivity index (χ1v) is 6.33. The molecule has 0 amide bonds. The lowest BCUT2D eigenvalue weighted by molar-refractivity contribution is 0.411. The molecule has 96 valence electrons. The van der Waals surface area contributed by atoms with Crippen LogP contribution in [0.15, 0.2) is 34.0 Å². The summed E-state index contributed by atoms with van der Waals surface area (Å²) in [5.74, 6) is -0.380. The van der Waals surface area contributed by atoms with Crippen molar-refractivity contribution in [3.05, 3.63) is 36.2 Å². The Morgan fingerprint density at radius 3 is 2.78 bits per heavy atom. The maximum atomic E-state index is 13.6. The molecule has 0 aliphatic carbocycles. The Hall–Kier alpha value is -2.00. The van der Waals surface area contributed by atoms with E-state index in [0.717, 1.165) is 12.5 Å². The normalized spacial score (nSPS) is 11.4. The first kappa shape index (κ1) is 12.5. The SMILES string of the molecule is NS(=O)(=O)c1ccc(NCc2ncon2)c(F)c1. The average molecular weight is 272 g/mol. The van der Waals surface area contributed by atoms with Gasteiger partial charge >= 0.3 is 0 Å². The zero-order valence-corrected chi connectivity index (χ0v) is 9.82. The molecule has 1 aromatic heterocycles. The van der Waals surface area contributed by atoms with Gasteiger partial charge in [0.15, 0.2) is 5.82 Å². The number of nitrogens with two attached hydrogens (primary N) is 1. The van der Waals surface area contributed by atoms with Crippen molar-refractivity contribution in [2.75, 3.05) is 5.32 Å². The van der Waals surface area contributed by atoms with Gasteiger partial charge in [-0.25, -0.2) is 17.9 Å². The molecule has 0 radical (unpaired) electrons. The summed E-state index contributed by atoms with van der Waals surface area (Å²) in [6, 6.07) is 3.32. The van der Waals surface area contributed by atoms with E-state index in [1.54, 1.807) is 0 Å². The number of anilines is 1. The van der Waals surface area contributed by atoms with Crippen molar-refractivity contribution in [3.63, 3.8) is 0 Å². The second kappa shape index (κ2) is 4.70. The molecule has 0 saturated carbocycles. The molecule has 0 atom stereocenters. The maximum Gasteiger partial charge on any atom is 0.238 e. The standard InChI is InChI=1S/C9H9FN4O3S/c10-7-3-6(18(11,15)16)1-2-8(7)12-4-9-13-5-17-14-9/h1-3,5,12H,4H2,(H2,11,15,16). The number of halogens is 1. The van der Waals surface area contributed by atoms with Gasteiger partial charge in [-0.3, -0.25) is 0 Å². The Balaban J connectivity index is 2.15. The van der Waals surface area contributed by atoms with E-state index in [0.29, 0.717) is 5.82 Å². The predicted octanol–water partition coefficient (Wildman–Crippen LogP) is 0.468. The number of sulfonamides is 1. The molecule has 0 bridgehead atoms. The number of aromatic nitrogens is 2. The smallest absolute Gasteiger partial charge is 0.238 e. The summed E-state index contributed by atoms with van der Waals surface area (Å²) >= 11 is 0. The van der Waals surface area contributed by atoms with Crippen LogP contribution in [0.5, 0.6) is 0 Å². The van der Waals surface area contributed by atoms with Gasteiger partial charge in [0, 0.05) is 0 Å². The second-order valence-electron chi connectivity index (χ2n) is 3.39. The molecule has 0 fully saturated rings. The fourth-order valence-corrected chi connectivity index (χ4v) is 1.79. The molecule has 2 aromatic rings.